The molecule has 0 aliphatic rings. The maximum atomic E-state index is 12.8. The van der Waals surface area contributed by atoms with Crippen molar-refractivity contribution < 1.29 is 27.6 Å². The number of methoxy groups -OCH3 is 2. The zero-order valence-electron chi connectivity index (χ0n) is 16.4. The fourth-order valence-corrected chi connectivity index (χ4v) is 3.63. The van der Waals surface area contributed by atoms with Crippen LogP contribution in [0.5, 0.6) is 11.5 Å². The minimum Gasteiger partial charge on any atom is -0.497 e. The summed E-state index contributed by atoms with van der Waals surface area (Å²) in [7, 11) is -0.0689. The Hall–Kier alpha value is -3.51. The summed E-state index contributed by atoms with van der Waals surface area (Å²) in [6.45, 7) is -0.500. The van der Waals surface area contributed by atoms with E-state index in [-0.39, 0.29) is 16.3 Å². The molecule has 0 fully saturated rings. The maximum Gasteiger partial charge on any atom is 0.269 e. The van der Waals surface area contributed by atoms with E-state index in [1.807, 2.05) is 0 Å². The topological polar surface area (TPSA) is 140 Å². The van der Waals surface area contributed by atoms with E-state index in [1.165, 1.54) is 63.9 Å². The third-order valence-corrected chi connectivity index (χ3v) is 5.76. The van der Waals surface area contributed by atoms with Gasteiger partial charge in [-0.3, -0.25) is 14.9 Å². The van der Waals surface area contributed by atoms with Gasteiger partial charge in [0, 0.05) is 25.2 Å². The van der Waals surface area contributed by atoms with Gasteiger partial charge in [-0.1, -0.05) is 0 Å². The molecule has 11 nitrogen and oxygen atoms in total. The van der Waals surface area contributed by atoms with E-state index >= 15 is 0 Å². The van der Waals surface area contributed by atoms with E-state index in [9.17, 15) is 23.3 Å². The van der Waals surface area contributed by atoms with Crippen LogP contribution in [0.1, 0.15) is 5.56 Å². The highest BCUT2D eigenvalue weighted by Gasteiger charge is 2.27. The van der Waals surface area contributed by atoms with Crippen LogP contribution in [0.4, 0.5) is 5.69 Å². The molecule has 0 aliphatic heterocycles. The van der Waals surface area contributed by atoms with Crippen molar-refractivity contribution in [3.05, 3.63) is 58.1 Å². The number of hydrazone groups is 1. The van der Waals surface area contributed by atoms with Gasteiger partial charge in [-0.25, -0.2) is 13.8 Å². The van der Waals surface area contributed by atoms with Gasteiger partial charge < -0.3 is 9.47 Å². The number of benzene rings is 2. The van der Waals surface area contributed by atoms with Gasteiger partial charge in [0.25, 0.3) is 11.6 Å². The second kappa shape index (κ2) is 9.80. The number of nitro benzene ring substituents is 1. The van der Waals surface area contributed by atoms with Gasteiger partial charge in [0.2, 0.25) is 10.0 Å². The smallest absolute Gasteiger partial charge is 0.269 e. The van der Waals surface area contributed by atoms with Crippen molar-refractivity contribution in [1.29, 1.82) is 0 Å². The lowest BCUT2D eigenvalue weighted by atomic mass is 10.2. The van der Waals surface area contributed by atoms with Crippen LogP contribution in [0.25, 0.3) is 0 Å². The van der Waals surface area contributed by atoms with Gasteiger partial charge in [0.1, 0.15) is 16.4 Å². The van der Waals surface area contributed by atoms with Gasteiger partial charge in [-0.2, -0.15) is 9.41 Å². The number of carbonyl (C=O) groups excluding carboxylic acids is 1. The normalized spacial score (nSPS) is 11.5. The molecular formula is C18H20N4O7S. The van der Waals surface area contributed by atoms with Crippen LogP contribution in [0, 0.1) is 10.1 Å². The van der Waals surface area contributed by atoms with E-state index in [0.29, 0.717) is 11.3 Å². The molecule has 0 atom stereocenters. The Labute approximate surface area is 173 Å². The lowest BCUT2D eigenvalue weighted by molar-refractivity contribution is -0.384. The monoisotopic (exact) mass is 436 g/mol. The number of nitrogens with one attached hydrogen (secondary N) is 1. The second-order valence-corrected chi connectivity index (χ2v) is 7.93. The molecule has 30 heavy (non-hydrogen) atoms. The van der Waals surface area contributed by atoms with E-state index in [4.69, 9.17) is 9.47 Å². The molecule has 1 amide bonds. The molecule has 0 unspecified atom stereocenters. The summed E-state index contributed by atoms with van der Waals surface area (Å²) in [5.41, 5.74) is 2.65. The quantitative estimate of drug-likeness (QED) is 0.356. The number of hydrogen-bond donors (Lipinski definition) is 1. The fraction of sp³-hybridized carbons (Fsp3) is 0.222. The molecule has 0 saturated heterocycles. The summed E-state index contributed by atoms with van der Waals surface area (Å²) in [4.78, 5) is 22.0. The van der Waals surface area contributed by atoms with Gasteiger partial charge in [-0.05, 0) is 29.8 Å². The number of nitrogens with zero attached hydrogens (tertiary/aromatic N) is 3. The SMILES string of the molecule is COc1ccc(OC)c(S(=O)(=O)N(C)CC(=O)N/N=C/c2ccc([N+](=O)[O-])cc2)c1. The highest BCUT2D eigenvalue weighted by Crippen LogP contribution is 2.30. The molecule has 0 aromatic heterocycles. The molecule has 2 rings (SSSR count). The van der Waals surface area contributed by atoms with Crippen LogP contribution in [-0.2, 0) is 14.8 Å². The van der Waals surface area contributed by atoms with Crippen molar-refractivity contribution >= 4 is 27.8 Å². The molecule has 0 spiro atoms. The van der Waals surface area contributed by atoms with E-state index in [1.54, 1.807) is 6.07 Å². The molecule has 160 valence electrons. The number of rotatable bonds is 9. The first-order valence-electron chi connectivity index (χ1n) is 8.43. The van der Waals surface area contributed by atoms with Crippen LogP contribution < -0.4 is 14.9 Å². The molecular weight excluding hydrogens is 416 g/mol. The summed E-state index contributed by atoms with van der Waals surface area (Å²) in [5, 5.41) is 14.3. The van der Waals surface area contributed by atoms with Crippen molar-refractivity contribution in [2.75, 3.05) is 27.8 Å². The highest BCUT2D eigenvalue weighted by atomic mass is 32.2. The molecule has 0 heterocycles. The van der Waals surface area contributed by atoms with Gasteiger partial charge in [-0.15, -0.1) is 0 Å². The third kappa shape index (κ3) is 5.52. The standard InChI is InChI=1S/C18H20N4O7S/c1-21(30(26,27)17-10-15(28-2)8-9-16(17)29-3)12-18(23)20-19-11-13-4-6-14(7-5-13)22(24)25/h4-11H,12H2,1-3H3,(H,20,23)/b19-11+. The first kappa shape index (κ1) is 22.8. The Morgan fingerprint density at radius 2 is 1.87 bits per heavy atom. The Morgan fingerprint density at radius 1 is 1.20 bits per heavy atom. The number of sulfonamides is 1. The molecule has 1 N–H and O–H groups in total. The van der Waals surface area contributed by atoms with Crippen LogP contribution in [0.2, 0.25) is 0 Å². The molecule has 2 aromatic carbocycles. The lowest BCUT2D eigenvalue weighted by Crippen LogP contribution is -2.36. The molecule has 12 heteroatoms. The summed E-state index contributed by atoms with van der Waals surface area (Å²) in [6.07, 6.45) is 1.28. The average molecular weight is 436 g/mol. The summed E-state index contributed by atoms with van der Waals surface area (Å²) < 4.78 is 36.6. The molecule has 0 bridgehead atoms. The number of hydrogen-bond acceptors (Lipinski definition) is 8. The van der Waals surface area contributed by atoms with Crippen molar-refractivity contribution in [3.63, 3.8) is 0 Å². The molecule has 0 aliphatic carbocycles. The second-order valence-electron chi connectivity index (χ2n) is 5.92. The third-order valence-electron chi connectivity index (χ3n) is 3.93. The first-order valence-corrected chi connectivity index (χ1v) is 9.87. The van der Waals surface area contributed by atoms with Crippen LogP contribution in [0.3, 0.4) is 0 Å². The Morgan fingerprint density at radius 3 is 2.43 bits per heavy atom. The van der Waals surface area contributed by atoms with E-state index < -0.39 is 27.4 Å². The first-order chi connectivity index (χ1) is 14.2. The van der Waals surface area contributed by atoms with E-state index in [0.717, 1.165) is 4.31 Å². The predicted octanol–water partition coefficient (Wildman–Crippen LogP) is 1.38. The maximum absolute atomic E-state index is 12.8. The number of amides is 1. The zero-order valence-corrected chi connectivity index (χ0v) is 17.3. The van der Waals surface area contributed by atoms with Gasteiger partial charge in [0.05, 0.1) is 31.9 Å². The summed E-state index contributed by atoms with van der Waals surface area (Å²) in [6, 6.07) is 9.82. The molecule has 0 saturated carbocycles. The largest absolute Gasteiger partial charge is 0.497 e. The Bertz CT molecular complexity index is 1050. The lowest BCUT2D eigenvalue weighted by Gasteiger charge is -2.18. The number of carbonyl (C=O) groups is 1. The number of likely N-dealkylation sites (N-methyl/N-ethyl adjacent to an activating group) is 1. The number of nitro groups is 1. The average Bonchev–Trinajstić information content (AvgIpc) is 2.73. The van der Waals surface area contributed by atoms with Crippen LogP contribution in [-0.4, -0.2) is 57.6 Å². The summed E-state index contributed by atoms with van der Waals surface area (Å²) >= 11 is 0. The molecule has 2 aromatic rings. The van der Waals surface area contributed by atoms with Crippen molar-refractivity contribution in [3.8, 4) is 11.5 Å². The van der Waals surface area contributed by atoms with Crippen molar-refractivity contribution in [1.82, 2.24) is 9.73 Å². The predicted molar refractivity (Wildman–Crippen MR) is 108 cm³/mol. The zero-order chi connectivity index (χ0) is 22.3. The Kier molecular flexibility index (Phi) is 7.44. The van der Waals surface area contributed by atoms with Crippen LogP contribution >= 0.6 is 0 Å². The Balaban J connectivity index is 2.05. The van der Waals surface area contributed by atoms with Gasteiger partial charge in [0.15, 0.2) is 0 Å². The molecule has 0 radical (unpaired) electrons. The fourth-order valence-electron chi connectivity index (χ4n) is 2.34. The number of ether oxygens (including phenoxy) is 2. The van der Waals surface area contributed by atoms with E-state index in [2.05, 4.69) is 10.5 Å². The minimum atomic E-state index is -4.05. The number of non-ortho nitro benzene ring substituents is 1. The van der Waals surface area contributed by atoms with Crippen molar-refractivity contribution in [2.45, 2.75) is 4.90 Å². The van der Waals surface area contributed by atoms with Crippen molar-refractivity contribution in [2.24, 2.45) is 5.10 Å². The summed E-state index contributed by atoms with van der Waals surface area (Å²) in [5.74, 6) is -0.250. The van der Waals surface area contributed by atoms with Gasteiger partial charge >= 0.3 is 0 Å². The minimum absolute atomic E-state index is 0.0732. The highest BCUT2D eigenvalue weighted by molar-refractivity contribution is 7.89. The van der Waals surface area contributed by atoms with Crippen LogP contribution in [0.15, 0.2) is 52.5 Å².